The van der Waals surface area contributed by atoms with Crippen LogP contribution in [0.5, 0.6) is 6.01 Å². The number of hydrogen-bond donors (Lipinski definition) is 0. The molecule has 0 saturated carbocycles. The van der Waals surface area contributed by atoms with Crippen LogP contribution in [0.1, 0.15) is 12.8 Å². The van der Waals surface area contributed by atoms with E-state index in [1.165, 1.54) is 12.1 Å². The summed E-state index contributed by atoms with van der Waals surface area (Å²) in [6, 6.07) is 12.7. The van der Waals surface area contributed by atoms with Crippen LogP contribution < -0.4 is 9.64 Å². The lowest BCUT2D eigenvalue weighted by molar-refractivity contribution is -0.127. The SMILES string of the molecule is C=CC(=O)N1CCC2[C@H]1CN2c1nc(OC[C@@H]2C[C@@H](F)CN2C)nc2nc(-c3cccc4ccc(F)c(Cl)c34)ccc12. The molecule has 2 aromatic carbocycles. The van der Waals surface area contributed by atoms with E-state index in [2.05, 4.69) is 16.5 Å². The first-order valence-corrected chi connectivity index (χ1v) is 14.4. The van der Waals surface area contributed by atoms with Crippen molar-refractivity contribution < 1.29 is 18.3 Å². The lowest BCUT2D eigenvalue weighted by atomic mass is 9.96. The highest BCUT2D eigenvalue weighted by atomic mass is 35.5. The Morgan fingerprint density at radius 3 is 2.79 bits per heavy atom. The molecule has 0 spiro atoms. The number of pyridine rings is 1. The van der Waals surface area contributed by atoms with E-state index < -0.39 is 12.0 Å². The number of aromatic nitrogens is 3. The van der Waals surface area contributed by atoms with Crippen LogP contribution in [-0.4, -0.2) is 88.2 Å². The number of halogens is 3. The van der Waals surface area contributed by atoms with E-state index in [-0.39, 0.29) is 41.7 Å². The average molecular weight is 591 g/mol. The summed E-state index contributed by atoms with van der Waals surface area (Å²) in [6.45, 7) is 5.52. The maximum Gasteiger partial charge on any atom is 0.320 e. The average Bonchev–Trinajstić information content (AvgIpc) is 3.49. The summed E-state index contributed by atoms with van der Waals surface area (Å²) in [7, 11) is 1.88. The number of likely N-dealkylation sites (tertiary alicyclic amines) is 2. The third kappa shape index (κ3) is 4.44. The number of fused-ring (bicyclic) bond motifs is 3. The molecule has 0 N–H and O–H groups in total. The summed E-state index contributed by atoms with van der Waals surface area (Å²) >= 11 is 6.42. The maximum absolute atomic E-state index is 14.5. The monoisotopic (exact) mass is 590 g/mol. The first kappa shape index (κ1) is 27.0. The highest BCUT2D eigenvalue weighted by Crippen LogP contribution is 2.40. The number of nitrogens with zero attached hydrogens (tertiary/aromatic N) is 6. The predicted molar refractivity (Wildman–Crippen MR) is 158 cm³/mol. The topological polar surface area (TPSA) is 74.7 Å². The molecule has 3 fully saturated rings. The summed E-state index contributed by atoms with van der Waals surface area (Å²) in [5.41, 5.74) is 1.68. The molecule has 0 aliphatic carbocycles. The van der Waals surface area contributed by atoms with Gasteiger partial charge in [-0.15, -0.1) is 0 Å². The van der Waals surface area contributed by atoms with Gasteiger partial charge in [-0.25, -0.2) is 13.8 Å². The van der Waals surface area contributed by atoms with Crippen molar-refractivity contribution in [3.8, 4) is 17.3 Å². The Hall–Kier alpha value is -3.89. The van der Waals surface area contributed by atoms with Gasteiger partial charge < -0.3 is 14.5 Å². The van der Waals surface area contributed by atoms with Crippen molar-refractivity contribution in [2.75, 3.05) is 38.2 Å². The third-order valence-corrected chi connectivity index (χ3v) is 9.17. The Kier molecular flexibility index (Phi) is 6.70. The Morgan fingerprint density at radius 1 is 1.14 bits per heavy atom. The van der Waals surface area contributed by atoms with Gasteiger partial charge in [-0.2, -0.15) is 9.97 Å². The van der Waals surface area contributed by atoms with Gasteiger partial charge in [-0.1, -0.05) is 42.4 Å². The summed E-state index contributed by atoms with van der Waals surface area (Å²) in [4.78, 5) is 32.7. The molecule has 0 radical (unpaired) electrons. The minimum Gasteiger partial charge on any atom is -0.462 e. The van der Waals surface area contributed by atoms with Crippen LogP contribution in [0.4, 0.5) is 14.6 Å². The zero-order chi connectivity index (χ0) is 29.1. The minimum absolute atomic E-state index is 0.0377. The van der Waals surface area contributed by atoms with E-state index in [0.717, 1.165) is 17.2 Å². The minimum atomic E-state index is -0.889. The molecule has 2 aromatic heterocycles. The van der Waals surface area contributed by atoms with E-state index in [4.69, 9.17) is 26.3 Å². The Labute approximate surface area is 246 Å². The normalized spacial score (nSPS) is 23.8. The molecule has 3 aliphatic rings. The fourth-order valence-electron chi connectivity index (χ4n) is 6.56. The number of anilines is 1. The summed E-state index contributed by atoms with van der Waals surface area (Å²) < 4.78 is 34.5. The first-order chi connectivity index (χ1) is 20.3. The van der Waals surface area contributed by atoms with Crippen molar-refractivity contribution in [2.24, 2.45) is 0 Å². The van der Waals surface area contributed by atoms with Gasteiger partial charge >= 0.3 is 6.01 Å². The second kappa shape index (κ2) is 10.4. The number of alkyl halides is 1. The standard InChI is InChI=1S/C31H29ClF2N6O2/c1-3-26(41)39-12-11-24-25(39)15-40(24)30-21-8-10-23(20-6-4-5-17-7-9-22(34)28(32)27(17)20)35-29(21)36-31(37-30)42-16-19-13-18(33)14-38(19)2/h3-10,18-19,24-25H,1,11-16H2,2H3/t18-,19+,24?,25-/m1/s1. The molecule has 5 heterocycles. The molecule has 7 rings (SSSR count). The molecule has 216 valence electrons. The van der Waals surface area contributed by atoms with Crippen LogP contribution in [0.2, 0.25) is 5.02 Å². The highest BCUT2D eigenvalue weighted by molar-refractivity contribution is 6.36. The zero-order valence-corrected chi connectivity index (χ0v) is 23.8. The summed E-state index contributed by atoms with van der Waals surface area (Å²) in [5, 5.41) is 2.14. The Balaban J connectivity index is 1.29. The maximum atomic E-state index is 14.5. The fourth-order valence-corrected chi connectivity index (χ4v) is 6.84. The molecule has 11 heteroatoms. The number of carbonyl (C=O) groups excluding carboxylic acids is 1. The molecule has 1 unspecified atom stereocenters. The van der Waals surface area contributed by atoms with Crippen molar-refractivity contribution in [1.29, 1.82) is 0 Å². The van der Waals surface area contributed by atoms with Crippen LogP contribution in [0, 0.1) is 5.82 Å². The molecule has 3 saturated heterocycles. The van der Waals surface area contributed by atoms with Crippen LogP contribution in [0.3, 0.4) is 0 Å². The van der Waals surface area contributed by atoms with Gasteiger partial charge in [0.15, 0.2) is 5.65 Å². The van der Waals surface area contributed by atoms with Crippen molar-refractivity contribution >= 4 is 45.1 Å². The van der Waals surface area contributed by atoms with E-state index >= 15 is 0 Å². The zero-order valence-electron chi connectivity index (χ0n) is 23.0. The van der Waals surface area contributed by atoms with Crippen LogP contribution in [-0.2, 0) is 4.79 Å². The van der Waals surface area contributed by atoms with Gasteiger partial charge in [0.1, 0.15) is 24.4 Å². The number of carbonyl (C=O) groups is 1. The first-order valence-electron chi connectivity index (χ1n) is 14.0. The Bertz CT molecular complexity index is 1740. The van der Waals surface area contributed by atoms with Gasteiger partial charge in [0.05, 0.1) is 28.2 Å². The molecular formula is C31H29ClF2N6O2. The number of ether oxygens (including phenoxy) is 1. The van der Waals surface area contributed by atoms with E-state index in [0.29, 0.717) is 54.2 Å². The predicted octanol–water partition coefficient (Wildman–Crippen LogP) is 5.03. The van der Waals surface area contributed by atoms with Gasteiger partial charge in [0.25, 0.3) is 0 Å². The summed E-state index contributed by atoms with van der Waals surface area (Å²) in [5.74, 6) is 0.105. The molecule has 4 aromatic rings. The number of rotatable bonds is 6. The van der Waals surface area contributed by atoms with Crippen molar-refractivity contribution in [2.45, 2.75) is 37.1 Å². The molecular weight excluding hydrogens is 562 g/mol. The third-order valence-electron chi connectivity index (χ3n) is 8.80. The van der Waals surface area contributed by atoms with Gasteiger partial charge in [0.2, 0.25) is 5.91 Å². The lowest BCUT2D eigenvalue weighted by Gasteiger charge is -2.47. The second-order valence-corrected chi connectivity index (χ2v) is 11.6. The molecule has 3 aliphatic heterocycles. The van der Waals surface area contributed by atoms with E-state index in [1.807, 2.05) is 47.2 Å². The molecule has 4 atom stereocenters. The van der Waals surface area contributed by atoms with Crippen LogP contribution in [0.25, 0.3) is 33.1 Å². The number of benzene rings is 2. The quantitative estimate of drug-likeness (QED) is 0.292. The number of amides is 1. The highest BCUT2D eigenvalue weighted by Gasteiger charge is 2.49. The Morgan fingerprint density at radius 2 is 2.00 bits per heavy atom. The molecule has 8 nitrogen and oxygen atoms in total. The largest absolute Gasteiger partial charge is 0.462 e. The van der Waals surface area contributed by atoms with Crippen molar-refractivity contribution in [3.05, 3.63) is 66.0 Å². The molecule has 0 bridgehead atoms. The summed E-state index contributed by atoms with van der Waals surface area (Å²) in [6.07, 6.45) is 1.67. The van der Waals surface area contributed by atoms with E-state index in [1.54, 1.807) is 6.07 Å². The van der Waals surface area contributed by atoms with Crippen molar-refractivity contribution in [3.63, 3.8) is 0 Å². The fraction of sp³-hybridized carbons (Fsp3) is 0.355. The molecule has 42 heavy (non-hydrogen) atoms. The number of hydrogen-bond acceptors (Lipinski definition) is 7. The number of likely N-dealkylation sites (N-methyl/N-ethyl adjacent to an activating group) is 1. The van der Waals surface area contributed by atoms with Gasteiger partial charge in [-0.05, 0) is 49.6 Å². The van der Waals surface area contributed by atoms with Crippen LogP contribution in [0.15, 0.2) is 55.1 Å². The van der Waals surface area contributed by atoms with Crippen LogP contribution >= 0.6 is 11.6 Å². The second-order valence-electron chi connectivity index (χ2n) is 11.2. The van der Waals surface area contributed by atoms with Gasteiger partial charge in [-0.3, -0.25) is 9.69 Å². The van der Waals surface area contributed by atoms with E-state index in [9.17, 15) is 13.6 Å². The van der Waals surface area contributed by atoms with Crippen molar-refractivity contribution in [1.82, 2.24) is 24.8 Å². The molecule has 1 amide bonds. The smallest absolute Gasteiger partial charge is 0.320 e. The van der Waals surface area contributed by atoms with Gasteiger partial charge in [0, 0.05) is 36.6 Å². The lowest BCUT2D eigenvalue weighted by Crippen LogP contribution is -2.63.